The van der Waals surface area contributed by atoms with Crippen molar-refractivity contribution in [1.82, 2.24) is 0 Å². The monoisotopic (exact) mass is 269 g/mol. The molecule has 1 aromatic rings. The Bertz CT molecular complexity index is 526. The van der Waals surface area contributed by atoms with Crippen LogP contribution in [0.3, 0.4) is 0 Å². The van der Waals surface area contributed by atoms with E-state index in [1.807, 2.05) is 23.9 Å². The number of nitrogens with zero attached hydrogens (tertiary/aromatic N) is 1. The lowest BCUT2D eigenvalue weighted by Crippen LogP contribution is -2.38. The van der Waals surface area contributed by atoms with Gasteiger partial charge in [0, 0.05) is 5.92 Å². The molecule has 1 fully saturated rings. The van der Waals surface area contributed by atoms with E-state index in [1.54, 1.807) is 11.8 Å². The molecule has 3 atom stereocenters. The lowest BCUT2D eigenvalue weighted by Gasteiger charge is -2.44. The molecule has 106 valence electrons. The minimum Gasteiger partial charge on any atom is -0.463 e. The van der Waals surface area contributed by atoms with Gasteiger partial charge in [0.1, 0.15) is 5.76 Å². The molecular weight excluding hydrogens is 246 g/mol. The second-order valence-corrected chi connectivity index (χ2v) is 6.62. The first-order valence-electron chi connectivity index (χ1n) is 8.19. The minimum atomic E-state index is 0.519. The molecule has 0 amide bonds. The van der Waals surface area contributed by atoms with E-state index in [9.17, 15) is 0 Å². The van der Waals surface area contributed by atoms with Crippen molar-refractivity contribution in [1.29, 1.82) is 0 Å². The summed E-state index contributed by atoms with van der Waals surface area (Å²) in [6, 6.07) is 4.45. The maximum atomic E-state index is 5.39. The fraction of sp³-hybridized carbons (Fsp3) is 0.611. The van der Waals surface area contributed by atoms with Gasteiger partial charge in [-0.15, -0.1) is 0 Å². The number of rotatable bonds is 2. The molecule has 0 N–H and O–H groups in total. The zero-order chi connectivity index (χ0) is 13.4. The summed E-state index contributed by atoms with van der Waals surface area (Å²) < 4.78 is 5.39. The average molecular weight is 269 g/mol. The van der Waals surface area contributed by atoms with Gasteiger partial charge in [-0.3, -0.25) is 4.99 Å². The zero-order valence-corrected chi connectivity index (χ0v) is 12.1. The van der Waals surface area contributed by atoms with E-state index >= 15 is 0 Å². The molecule has 0 aliphatic heterocycles. The van der Waals surface area contributed by atoms with Gasteiger partial charge in [-0.1, -0.05) is 17.6 Å². The van der Waals surface area contributed by atoms with Gasteiger partial charge < -0.3 is 4.42 Å². The largest absolute Gasteiger partial charge is 0.463 e. The predicted molar refractivity (Wildman–Crippen MR) is 81.0 cm³/mol. The number of hydrogen-bond acceptors (Lipinski definition) is 2. The van der Waals surface area contributed by atoms with E-state index in [-0.39, 0.29) is 0 Å². The first-order chi connectivity index (χ1) is 9.92. The van der Waals surface area contributed by atoms with Crippen LogP contribution < -0.4 is 0 Å². The number of aliphatic imine (C=N–C) groups is 1. The highest BCUT2D eigenvalue weighted by Gasteiger charge is 2.40. The third kappa shape index (κ3) is 2.15. The Kier molecular flexibility index (Phi) is 3.25. The van der Waals surface area contributed by atoms with Crippen molar-refractivity contribution in [3.8, 4) is 0 Å². The molecular formula is C18H23NO. The standard InChI is InChI=1S/C18H23NO/c1-2-8-16-13(5-1)11-14-6-3-9-17(16)18(14)19-12-15-7-4-10-20-15/h4,7,10,12,14,17-18H,1-3,5-6,8-9,11H2/t14?,17-,18+/m0/s1. The van der Waals surface area contributed by atoms with Gasteiger partial charge in [-0.05, 0) is 63.0 Å². The first kappa shape index (κ1) is 12.4. The van der Waals surface area contributed by atoms with Crippen molar-refractivity contribution in [3.63, 3.8) is 0 Å². The lowest BCUT2D eigenvalue weighted by atomic mass is 9.63. The summed E-state index contributed by atoms with van der Waals surface area (Å²) in [5.41, 5.74) is 3.61. The zero-order valence-electron chi connectivity index (χ0n) is 12.1. The fourth-order valence-corrected chi connectivity index (χ4v) is 4.61. The van der Waals surface area contributed by atoms with E-state index < -0.39 is 0 Å². The molecule has 0 saturated heterocycles. The van der Waals surface area contributed by atoms with Gasteiger partial charge in [0.25, 0.3) is 0 Å². The van der Waals surface area contributed by atoms with Gasteiger partial charge in [0.05, 0.1) is 18.5 Å². The van der Waals surface area contributed by atoms with Crippen molar-refractivity contribution >= 4 is 6.21 Å². The van der Waals surface area contributed by atoms with Crippen molar-refractivity contribution in [2.24, 2.45) is 16.8 Å². The van der Waals surface area contributed by atoms with Crippen LogP contribution in [0.5, 0.6) is 0 Å². The molecule has 4 rings (SSSR count). The molecule has 20 heavy (non-hydrogen) atoms. The molecule has 1 saturated carbocycles. The van der Waals surface area contributed by atoms with Crippen molar-refractivity contribution in [3.05, 3.63) is 35.3 Å². The Morgan fingerprint density at radius 3 is 3.00 bits per heavy atom. The second kappa shape index (κ2) is 5.23. The van der Waals surface area contributed by atoms with Gasteiger partial charge in [0.2, 0.25) is 0 Å². The second-order valence-electron chi connectivity index (χ2n) is 6.62. The molecule has 0 aromatic carbocycles. The highest BCUT2D eigenvalue weighted by molar-refractivity contribution is 5.75. The number of furan rings is 1. The minimum absolute atomic E-state index is 0.519. The molecule has 0 spiro atoms. The van der Waals surface area contributed by atoms with Crippen LogP contribution in [0.25, 0.3) is 0 Å². The summed E-state index contributed by atoms with van der Waals surface area (Å²) in [5, 5.41) is 0. The summed E-state index contributed by atoms with van der Waals surface area (Å²) in [5.74, 6) is 2.42. The lowest BCUT2D eigenvalue weighted by molar-refractivity contribution is 0.215. The summed E-state index contributed by atoms with van der Waals surface area (Å²) >= 11 is 0. The Labute approximate surface area is 121 Å². The molecule has 1 heterocycles. The smallest absolute Gasteiger partial charge is 0.144 e. The quantitative estimate of drug-likeness (QED) is 0.561. The first-order valence-corrected chi connectivity index (χ1v) is 8.19. The maximum Gasteiger partial charge on any atom is 0.144 e. The van der Waals surface area contributed by atoms with Gasteiger partial charge >= 0.3 is 0 Å². The summed E-state index contributed by atoms with van der Waals surface area (Å²) in [4.78, 5) is 4.95. The van der Waals surface area contributed by atoms with E-state index in [1.165, 1.54) is 51.4 Å². The van der Waals surface area contributed by atoms with Crippen LogP contribution in [0, 0.1) is 11.8 Å². The molecule has 0 radical (unpaired) electrons. The van der Waals surface area contributed by atoms with Gasteiger partial charge in [-0.2, -0.15) is 0 Å². The van der Waals surface area contributed by atoms with Crippen LogP contribution >= 0.6 is 0 Å². The highest BCUT2D eigenvalue weighted by atomic mass is 16.3. The van der Waals surface area contributed by atoms with Crippen molar-refractivity contribution in [2.75, 3.05) is 0 Å². The summed E-state index contributed by atoms with van der Waals surface area (Å²) in [7, 11) is 0. The van der Waals surface area contributed by atoms with Crippen molar-refractivity contribution in [2.45, 2.75) is 57.4 Å². The number of fused-ring (bicyclic) bond motifs is 3. The third-order valence-electron chi connectivity index (χ3n) is 5.49. The number of hydrogen-bond donors (Lipinski definition) is 0. The Hall–Kier alpha value is -1.31. The maximum absolute atomic E-state index is 5.39. The van der Waals surface area contributed by atoms with Gasteiger partial charge in [0.15, 0.2) is 0 Å². The molecule has 1 aromatic heterocycles. The Balaban J connectivity index is 1.62. The van der Waals surface area contributed by atoms with Crippen molar-refractivity contribution < 1.29 is 4.42 Å². The Morgan fingerprint density at radius 1 is 1.15 bits per heavy atom. The SMILES string of the molecule is C(=N[C@@H]1C2CCC[C@H]1C1=C(CCCC1)C2)c1ccco1. The van der Waals surface area contributed by atoms with Crippen LogP contribution in [0.4, 0.5) is 0 Å². The van der Waals surface area contributed by atoms with E-state index in [0.717, 1.165) is 17.6 Å². The third-order valence-corrected chi connectivity index (χ3v) is 5.49. The van der Waals surface area contributed by atoms with Crippen LogP contribution in [-0.4, -0.2) is 12.3 Å². The normalized spacial score (nSPS) is 33.5. The fourth-order valence-electron chi connectivity index (χ4n) is 4.61. The number of allylic oxidation sites excluding steroid dienone is 1. The summed E-state index contributed by atoms with van der Waals surface area (Å²) in [6.45, 7) is 0. The molecule has 3 aliphatic rings. The van der Waals surface area contributed by atoms with Gasteiger partial charge in [-0.25, -0.2) is 0 Å². The molecule has 2 heteroatoms. The predicted octanol–water partition coefficient (Wildman–Crippen LogP) is 4.76. The molecule has 2 nitrogen and oxygen atoms in total. The van der Waals surface area contributed by atoms with Crippen LogP contribution in [0.1, 0.15) is 57.1 Å². The topological polar surface area (TPSA) is 25.5 Å². The van der Waals surface area contributed by atoms with Crippen LogP contribution in [0.15, 0.2) is 39.0 Å². The summed E-state index contributed by atoms with van der Waals surface area (Å²) in [6.07, 6.45) is 14.7. The van der Waals surface area contributed by atoms with Crippen LogP contribution in [-0.2, 0) is 0 Å². The highest BCUT2D eigenvalue weighted by Crippen LogP contribution is 2.49. The van der Waals surface area contributed by atoms with E-state index in [4.69, 9.17) is 9.41 Å². The van der Waals surface area contributed by atoms with E-state index in [0.29, 0.717) is 6.04 Å². The van der Waals surface area contributed by atoms with E-state index in [2.05, 4.69) is 0 Å². The van der Waals surface area contributed by atoms with Crippen LogP contribution in [0.2, 0.25) is 0 Å². The molecule has 3 aliphatic carbocycles. The molecule has 2 bridgehead atoms. The molecule has 1 unspecified atom stereocenters. The average Bonchev–Trinajstić information content (AvgIpc) is 2.98. The Morgan fingerprint density at radius 2 is 2.10 bits per heavy atom.